The van der Waals surface area contributed by atoms with E-state index in [1.807, 2.05) is 17.5 Å². The molecule has 4 nitrogen and oxygen atoms in total. The molecule has 1 heterocycles. The van der Waals surface area contributed by atoms with Crippen LogP contribution in [0.1, 0.15) is 23.3 Å². The molecule has 0 radical (unpaired) electrons. The van der Waals surface area contributed by atoms with E-state index in [2.05, 4.69) is 10.8 Å². The van der Waals surface area contributed by atoms with Gasteiger partial charge in [0.1, 0.15) is 6.07 Å². The summed E-state index contributed by atoms with van der Waals surface area (Å²) >= 11 is 1.66. The van der Waals surface area contributed by atoms with Crippen LogP contribution in [-0.2, 0) is 15.4 Å². The van der Waals surface area contributed by atoms with Gasteiger partial charge >= 0.3 is 0 Å². The monoisotopic (exact) mass is 318 g/mol. The second kappa shape index (κ2) is 5.26. The Morgan fingerprint density at radius 2 is 2.00 bits per heavy atom. The highest BCUT2D eigenvalue weighted by Crippen LogP contribution is 2.49. The molecule has 0 aliphatic heterocycles. The summed E-state index contributed by atoms with van der Waals surface area (Å²) in [7, 11) is -3.66. The van der Waals surface area contributed by atoms with E-state index in [4.69, 9.17) is 5.26 Å². The molecule has 0 amide bonds. The van der Waals surface area contributed by atoms with Crippen molar-refractivity contribution >= 4 is 21.4 Å². The summed E-state index contributed by atoms with van der Waals surface area (Å²) in [4.78, 5) is 1.27. The zero-order chi connectivity index (χ0) is 14.9. The van der Waals surface area contributed by atoms with Gasteiger partial charge in [0.15, 0.2) is 0 Å². The number of benzene rings is 1. The zero-order valence-electron chi connectivity index (χ0n) is 11.2. The molecule has 2 aromatic rings. The lowest BCUT2D eigenvalue weighted by Crippen LogP contribution is -2.32. The van der Waals surface area contributed by atoms with E-state index in [9.17, 15) is 8.42 Å². The van der Waals surface area contributed by atoms with E-state index in [1.54, 1.807) is 23.5 Å². The topological polar surface area (TPSA) is 70.0 Å². The van der Waals surface area contributed by atoms with Gasteiger partial charge in [-0.2, -0.15) is 5.26 Å². The molecule has 0 saturated heterocycles. The highest BCUT2D eigenvalue weighted by Gasteiger charge is 2.45. The van der Waals surface area contributed by atoms with Crippen LogP contribution >= 0.6 is 11.3 Å². The molecule has 21 heavy (non-hydrogen) atoms. The summed E-state index contributed by atoms with van der Waals surface area (Å²) in [6, 6.07) is 12.2. The molecule has 1 N–H and O–H groups in total. The average molecular weight is 318 g/mol. The Hall–Kier alpha value is -1.68. The third-order valence-corrected chi connectivity index (χ3v) is 6.37. The molecule has 1 fully saturated rings. The second-order valence-electron chi connectivity index (χ2n) is 5.19. The van der Waals surface area contributed by atoms with Crippen LogP contribution < -0.4 is 4.72 Å². The molecule has 1 aromatic heterocycles. The molecule has 0 bridgehead atoms. The van der Waals surface area contributed by atoms with Crippen LogP contribution in [0.4, 0.5) is 0 Å². The summed E-state index contributed by atoms with van der Waals surface area (Å²) in [5.41, 5.74) is 0.119. The van der Waals surface area contributed by atoms with Gasteiger partial charge in [-0.25, -0.2) is 13.1 Å². The molecule has 1 saturated carbocycles. The second-order valence-corrected chi connectivity index (χ2v) is 7.87. The van der Waals surface area contributed by atoms with Gasteiger partial charge in [0.2, 0.25) is 10.0 Å². The van der Waals surface area contributed by atoms with E-state index in [0.717, 1.165) is 12.8 Å². The quantitative estimate of drug-likeness (QED) is 0.921. The van der Waals surface area contributed by atoms with Crippen LogP contribution in [0.15, 0.2) is 46.7 Å². The van der Waals surface area contributed by atoms with Crippen molar-refractivity contribution in [1.82, 2.24) is 4.72 Å². The van der Waals surface area contributed by atoms with Gasteiger partial charge in [-0.3, -0.25) is 0 Å². The van der Waals surface area contributed by atoms with E-state index in [1.165, 1.54) is 17.0 Å². The number of nitriles is 1. The first-order chi connectivity index (χ1) is 10.1. The summed E-state index contributed by atoms with van der Waals surface area (Å²) in [6.45, 7) is 0.385. The average Bonchev–Trinajstić information content (AvgIpc) is 3.09. The van der Waals surface area contributed by atoms with Crippen LogP contribution in [0, 0.1) is 11.3 Å². The summed E-state index contributed by atoms with van der Waals surface area (Å²) in [5, 5.41) is 11.0. The fourth-order valence-electron chi connectivity index (χ4n) is 2.35. The summed E-state index contributed by atoms with van der Waals surface area (Å²) < 4.78 is 27.5. The lowest BCUT2D eigenvalue weighted by atomic mass is 10.1. The van der Waals surface area contributed by atoms with E-state index < -0.39 is 10.0 Å². The van der Waals surface area contributed by atoms with Crippen LogP contribution in [0.2, 0.25) is 0 Å². The van der Waals surface area contributed by atoms with Crippen molar-refractivity contribution in [3.05, 3.63) is 52.2 Å². The first kappa shape index (κ1) is 14.3. The highest BCUT2D eigenvalue weighted by atomic mass is 32.2. The zero-order valence-corrected chi connectivity index (χ0v) is 12.9. The smallest absolute Gasteiger partial charge is 0.210 e. The van der Waals surface area contributed by atoms with Crippen LogP contribution in [-0.4, -0.2) is 15.0 Å². The Balaban J connectivity index is 1.81. The molecular weight excluding hydrogens is 304 g/mol. The van der Waals surface area contributed by atoms with Gasteiger partial charge in [-0.1, -0.05) is 18.2 Å². The lowest BCUT2D eigenvalue weighted by Gasteiger charge is -2.15. The Morgan fingerprint density at radius 3 is 2.62 bits per heavy atom. The van der Waals surface area contributed by atoms with Crippen molar-refractivity contribution < 1.29 is 8.42 Å². The molecule has 0 atom stereocenters. The Kier molecular flexibility index (Phi) is 3.57. The van der Waals surface area contributed by atoms with Crippen molar-refractivity contribution in [3.8, 4) is 6.07 Å². The molecule has 6 heteroatoms. The SMILES string of the molecule is N#Cc1ccccc1S(=O)(=O)NCC1(c2cccs2)CC1. The maximum atomic E-state index is 12.4. The predicted molar refractivity (Wildman–Crippen MR) is 81.6 cm³/mol. The molecule has 3 rings (SSSR count). The van der Waals surface area contributed by atoms with Crippen molar-refractivity contribution in [2.75, 3.05) is 6.54 Å². The van der Waals surface area contributed by atoms with Gasteiger partial charge in [0.25, 0.3) is 0 Å². The fourth-order valence-corrected chi connectivity index (χ4v) is 4.62. The first-order valence-electron chi connectivity index (χ1n) is 6.60. The summed E-state index contributed by atoms with van der Waals surface area (Å²) in [5.74, 6) is 0. The number of nitrogens with zero attached hydrogens (tertiary/aromatic N) is 1. The van der Waals surface area contributed by atoms with Crippen LogP contribution in [0.25, 0.3) is 0 Å². The minimum Gasteiger partial charge on any atom is -0.210 e. The largest absolute Gasteiger partial charge is 0.241 e. The minimum atomic E-state index is -3.66. The first-order valence-corrected chi connectivity index (χ1v) is 8.96. The molecular formula is C15H14N2O2S2. The van der Waals surface area contributed by atoms with E-state index in [0.29, 0.717) is 6.54 Å². The van der Waals surface area contributed by atoms with Crippen LogP contribution in [0.3, 0.4) is 0 Å². The Morgan fingerprint density at radius 1 is 1.24 bits per heavy atom. The highest BCUT2D eigenvalue weighted by molar-refractivity contribution is 7.89. The number of thiophene rings is 1. The molecule has 0 unspecified atom stereocenters. The molecule has 1 aliphatic carbocycles. The van der Waals surface area contributed by atoms with Crippen molar-refractivity contribution in [3.63, 3.8) is 0 Å². The molecule has 1 aromatic carbocycles. The molecule has 1 aliphatic rings. The van der Waals surface area contributed by atoms with Crippen LogP contribution in [0.5, 0.6) is 0 Å². The number of sulfonamides is 1. The van der Waals surface area contributed by atoms with Gasteiger partial charge < -0.3 is 0 Å². The van der Waals surface area contributed by atoms with E-state index in [-0.39, 0.29) is 15.9 Å². The fraction of sp³-hybridized carbons (Fsp3) is 0.267. The number of nitrogens with one attached hydrogen (secondary N) is 1. The molecule has 0 spiro atoms. The van der Waals surface area contributed by atoms with Gasteiger partial charge in [0.05, 0.1) is 10.5 Å². The normalized spacial score (nSPS) is 16.3. The maximum absolute atomic E-state index is 12.4. The third kappa shape index (κ3) is 2.72. The third-order valence-electron chi connectivity index (χ3n) is 3.80. The number of rotatable bonds is 5. The Labute approximate surface area is 128 Å². The standard InChI is InChI=1S/C15H14N2O2S2/c16-10-12-4-1-2-5-13(12)21(18,19)17-11-15(7-8-15)14-6-3-9-20-14/h1-6,9,17H,7-8,11H2. The maximum Gasteiger partial charge on any atom is 0.241 e. The van der Waals surface area contributed by atoms with Gasteiger partial charge in [0, 0.05) is 16.8 Å². The lowest BCUT2D eigenvalue weighted by molar-refractivity contribution is 0.568. The minimum absolute atomic E-state index is 0.0504. The Bertz CT molecular complexity index is 785. The van der Waals surface area contributed by atoms with Crippen molar-refractivity contribution in [2.45, 2.75) is 23.2 Å². The van der Waals surface area contributed by atoms with Gasteiger partial charge in [-0.05, 0) is 36.4 Å². The van der Waals surface area contributed by atoms with E-state index >= 15 is 0 Å². The summed E-state index contributed by atoms with van der Waals surface area (Å²) in [6.07, 6.45) is 1.99. The number of hydrogen-bond donors (Lipinski definition) is 1. The number of hydrogen-bond acceptors (Lipinski definition) is 4. The van der Waals surface area contributed by atoms with Gasteiger partial charge in [-0.15, -0.1) is 11.3 Å². The molecule has 108 valence electrons. The van der Waals surface area contributed by atoms with Crippen molar-refractivity contribution in [1.29, 1.82) is 5.26 Å². The van der Waals surface area contributed by atoms with Crippen molar-refractivity contribution in [2.24, 2.45) is 0 Å². The predicted octanol–water partition coefficient (Wildman–Crippen LogP) is 2.63.